The second-order valence-corrected chi connectivity index (χ2v) is 27.5. The first kappa shape index (κ1) is 81.6. The molecule has 5 aliphatic rings. The molecular weight excluding hydrogens is 1300 g/mol. The number of alkyl carbamates (subject to hydrolysis) is 1. The van der Waals surface area contributed by atoms with Crippen LogP contribution in [0.25, 0.3) is 0 Å². The first-order chi connectivity index (χ1) is 48.5. The van der Waals surface area contributed by atoms with Gasteiger partial charge < -0.3 is 89.0 Å². The van der Waals surface area contributed by atoms with Gasteiger partial charge in [0, 0.05) is 141 Å². The standard InChI is InChI=1S/C73H112N10O18/c1-11-96-31-32-98-34-33-97-30-24-75-67(88)54-44-78-71(79-45-54)82-28-26-81(27-29-82)70-76-41-53(42-77-70)43-80-72(91)100-58-23-21-52(38-62(58)95-10)37-56(74)61-40-60(94-9)48(4)36-50(6)64(85)65(86)63(84)49(5)35-46(2)17-13-12-14-18-47(3)59(93-8)39-55-22-20-51(7)73(92,101-55)66(87)68(89)83-25-16-15-19-57(83)69(90)99-61/h12-14,17-18,36,41-42,44-46,48-49,51-52,55-62,64-65,85-86,92H,11,15-16,19-35,37-40,43,74H2,1-10H3,(H,75,88)(H,80,91)/b14-12+,17-13+,47-18+,50-36+/t46-,48-,49-,51-,52+,55+,56-,57+,58-,59?,60-,61+,62-,64-,65+,73-/m1/s1. The molecule has 7 rings (SSSR count). The van der Waals surface area contributed by atoms with E-state index in [4.69, 9.17) is 48.4 Å². The summed E-state index contributed by atoms with van der Waals surface area (Å²) in [6.45, 7) is 18.4. The number of hydrogen-bond donors (Lipinski definition) is 6. The van der Waals surface area contributed by atoms with Crippen LogP contribution in [-0.2, 0) is 68.4 Å². The molecule has 0 radical (unpaired) electrons. The lowest BCUT2D eigenvalue weighted by atomic mass is 9.80. The van der Waals surface area contributed by atoms with Crippen molar-refractivity contribution in [3.63, 3.8) is 0 Å². The molecule has 1 unspecified atom stereocenters. The summed E-state index contributed by atoms with van der Waals surface area (Å²) in [7, 11) is 4.60. The van der Waals surface area contributed by atoms with Gasteiger partial charge in [-0.1, -0.05) is 64.2 Å². The van der Waals surface area contributed by atoms with Crippen molar-refractivity contribution < 1.29 is 86.7 Å². The summed E-state index contributed by atoms with van der Waals surface area (Å²) in [5, 5.41) is 40.5. The van der Waals surface area contributed by atoms with E-state index in [0.29, 0.717) is 159 Å². The highest BCUT2D eigenvalue weighted by Crippen LogP contribution is 2.38. The maximum atomic E-state index is 14.8. The van der Waals surface area contributed by atoms with Crippen LogP contribution in [0.15, 0.2) is 72.4 Å². The quantitative estimate of drug-likeness (QED) is 0.0377. The summed E-state index contributed by atoms with van der Waals surface area (Å²) >= 11 is 0. The predicted octanol–water partition coefficient (Wildman–Crippen LogP) is 5.30. The smallest absolute Gasteiger partial charge is 0.407 e. The number of aromatic nitrogens is 4. The van der Waals surface area contributed by atoms with Crippen molar-refractivity contribution in [2.45, 2.75) is 199 Å². The van der Waals surface area contributed by atoms with Gasteiger partial charge in [-0.3, -0.25) is 19.2 Å². The van der Waals surface area contributed by atoms with Gasteiger partial charge in [0.05, 0.1) is 63.0 Å². The van der Waals surface area contributed by atoms with Crippen molar-refractivity contribution in [3.8, 4) is 0 Å². The summed E-state index contributed by atoms with van der Waals surface area (Å²) in [5.74, 6) is -7.26. The predicted molar refractivity (Wildman–Crippen MR) is 375 cm³/mol. The zero-order chi connectivity index (χ0) is 73.2. The molecule has 6 heterocycles. The Morgan fingerprint density at radius 3 is 2.02 bits per heavy atom. The number of hydrogen-bond acceptors (Lipinski definition) is 25. The number of carbonyl (C=O) groups excluding carboxylic acids is 6. The summed E-state index contributed by atoms with van der Waals surface area (Å²) in [5.41, 5.74) is 9.35. The van der Waals surface area contributed by atoms with Crippen LogP contribution >= 0.6 is 0 Å². The fraction of sp³-hybridized carbons (Fsp3) is 0.699. The number of ketones is 2. The van der Waals surface area contributed by atoms with Gasteiger partial charge in [-0.15, -0.1) is 0 Å². The van der Waals surface area contributed by atoms with Crippen LogP contribution in [-0.4, -0.2) is 243 Å². The largest absolute Gasteiger partial charge is 0.459 e. The fourth-order valence-corrected chi connectivity index (χ4v) is 13.8. The first-order valence-corrected chi connectivity index (χ1v) is 36.0. The molecular formula is C73H112N10O18. The molecule has 101 heavy (non-hydrogen) atoms. The highest BCUT2D eigenvalue weighted by atomic mass is 16.6. The Balaban J connectivity index is 0.958. The molecule has 1 aliphatic carbocycles. The molecule has 1 saturated carbocycles. The number of carbonyl (C=O) groups is 6. The number of Topliss-reactive ketones (excluding diaryl/α,β-unsaturated/α-hetero) is 2. The number of aliphatic hydroxyl groups excluding tert-OH is 2. The molecule has 28 nitrogen and oxygen atoms in total. The van der Waals surface area contributed by atoms with Gasteiger partial charge in [0.15, 0.2) is 5.78 Å². The van der Waals surface area contributed by atoms with Crippen molar-refractivity contribution in [2.75, 3.05) is 110 Å². The number of amides is 3. The Bertz CT molecular complexity index is 3080. The summed E-state index contributed by atoms with van der Waals surface area (Å²) in [4.78, 5) is 107. The topological polar surface area (TPSA) is 358 Å². The molecule has 0 aromatic carbocycles. The number of nitrogens with two attached hydrogens (primary N) is 1. The number of anilines is 2. The molecule has 0 spiro atoms. The molecule has 2 aromatic heterocycles. The molecule has 3 saturated heterocycles. The first-order valence-electron chi connectivity index (χ1n) is 36.0. The minimum atomic E-state index is -2.48. The van der Waals surface area contributed by atoms with E-state index in [0.717, 1.165) is 5.57 Å². The molecule has 16 atom stereocenters. The number of ether oxygens (including phenoxy) is 9. The third kappa shape index (κ3) is 23.9. The maximum absolute atomic E-state index is 14.8. The van der Waals surface area contributed by atoms with E-state index in [2.05, 4.69) is 30.6 Å². The lowest BCUT2D eigenvalue weighted by molar-refractivity contribution is -0.265. The Hall–Kier alpha value is -6.70. The van der Waals surface area contributed by atoms with Crippen LogP contribution in [0.3, 0.4) is 0 Å². The van der Waals surface area contributed by atoms with Gasteiger partial charge >= 0.3 is 12.1 Å². The fourth-order valence-electron chi connectivity index (χ4n) is 13.8. The third-order valence-electron chi connectivity index (χ3n) is 20.0. The van der Waals surface area contributed by atoms with Crippen LogP contribution in [0.2, 0.25) is 0 Å². The third-order valence-corrected chi connectivity index (χ3v) is 20.0. The number of nitrogens with one attached hydrogen (secondary N) is 2. The number of cyclic esters (lactones) is 1. The Morgan fingerprint density at radius 2 is 1.37 bits per heavy atom. The van der Waals surface area contributed by atoms with E-state index >= 15 is 0 Å². The molecule has 7 N–H and O–H groups in total. The maximum Gasteiger partial charge on any atom is 0.407 e. The number of allylic oxidation sites excluding steroid dienone is 5. The second kappa shape index (κ2) is 41.0. The van der Waals surface area contributed by atoms with E-state index in [-0.39, 0.29) is 50.1 Å². The number of fused-ring (bicyclic) bond motifs is 3. The van der Waals surface area contributed by atoms with Gasteiger partial charge in [0.25, 0.3) is 17.6 Å². The Morgan fingerprint density at radius 1 is 0.713 bits per heavy atom. The van der Waals surface area contributed by atoms with E-state index in [9.17, 15) is 44.1 Å². The molecule has 4 aliphatic heterocycles. The Kier molecular flexibility index (Phi) is 33.1. The highest BCUT2D eigenvalue weighted by molar-refractivity contribution is 6.39. The molecule has 4 fully saturated rings. The minimum Gasteiger partial charge on any atom is -0.459 e. The van der Waals surface area contributed by atoms with Crippen LogP contribution in [0.1, 0.15) is 141 Å². The minimum absolute atomic E-state index is 0.0344. The molecule has 28 heteroatoms. The van der Waals surface area contributed by atoms with Crippen LogP contribution in [0, 0.1) is 29.6 Å². The van der Waals surface area contributed by atoms with Crippen molar-refractivity contribution in [1.82, 2.24) is 35.5 Å². The highest BCUT2D eigenvalue weighted by Gasteiger charge is 2.53. The molecule has 3 amide bonds. The summed E-state index contributed by atoms with van der Waals surface area (Å²) in [6, 6.07) is -2.04. The number of nitrogens with zero attached hydrogens (tertiary/aromatic N) is 7. The van der Waals surface area contributed by atoms with Gasteiger partial charge in [0.1, 0.15) is 30.5 Å². The monoisotopic (exact) mass is 1420 g/mol. The van der Waals surface area contributed by atoms with Crippen LogP contribution < -0.4 is 26.2 Å². The van der Waals surface area contributed by atoms with Gasteiger partial charge in [-0.2, -0.15) is 0 Å². The van der Waals surface area contributed by atoms with Crippen LogP contribution in [0.4, 0.5) is 16.7 Å². The number of piperidine rings is 1. The average molecular weight is 1420 g/mol. The van der Waals surface area contributed by atoms with Crippen molar-refractivity contribution >= 4 is 47.3 Å². The van der Waals surface area contributed by atoms with Gasteiger partial charge in [-0.05, 0) is 108 Å². The number of aliphatic hydroxyl groups is 3. The van der Waals surface area contributed by atoms with Crippen LogP contribution in [0.5, 0.6) is 0 Å². The lowest BCUT2D eigenvalue weighted by Crippen LogP contribution is -2.61. The van der Waals surface area contributed by atoms with Crippen molar-refractivity contribution in [2.24, 2.45) is 35.3 Å². The molecule has 2 aromatic rings. The SMILES string of the molecule is CCOCCOCCOCCNC(=O)c1cnc(N2CCN(c3ncc(CNC(=O)O[C@@H]4CC[C@@H](C[C@@H](N)[C@@H]5C[C@@H](OC)[C@H](C)/C=C(\C)[C@@H](O)[C@@H](O)C(=O)[C@H](C)C[C@H](C)/C=C/C=C/C=C(\C)C(OC)C[C@@H]6CC[C@@H](C)[C@@](O)(O6)C(=O)C(=O)N6CCCC[C@H]6C(=O)O5)C[C@H]4OC)cn3)CC2)nc1. The van der Waals surface area contributed by atoms with E-state index in [1.54, 1.807) is 53.5 Å². The Labute approximate surface area is 594 Å². The van der Waals surface area contributed by atoms with Crippen molar-refractivity contribution in [1.29, 1.82) is 0 Å². The van der Waals surface area contributed by atoms with E-state index in [1.165, 1.54) is 24.4 Å². The second-order valence-electron chi connectivity index (χ2n) is 27.5. The normalized spacial score (nSPS) is 31.7. The van der Waals surface area contributed by atoms with E-state index < -0.39 is 114 Å². The average Bonchev–Trinajstić information content (AvgIpc) is 0.777. The lowest BCUT2D eigenvalue weighted by Gasteiger charge is -2.43. The summed E-state index contributed by atoms with van der Waals surface area (Å²) in [6.07, 6.45) is 14.1. The molecule has 562 valence electrons. The van der Waals surface area contributed by atoms with Gasteiger partial charge in [-0.25, -0.2) is 29.5 Å². The van der Waals surface area contributed by atoms with Gasteiger partial charge in [0.2, 0.25) is 17.7 Å². The van der Waals surface area contributed by atoms with E-state index in [1.807, 2.05) is 67.9 Å². The number of esters is 1. The zero-order valence-corrected chi connectivity index (χ0v) is 60.8. The number of methoxy groups -OCH3 is 3. The molecule has 2 bridgehead atoms. The van der Waals surface area contributed by atoms with Crippen molar-refractivity contribution in [3.05, 3.63) is 83.5 Å². The number of piperazine rings is 1. The summed E-state index contributed by atoms with van der Waals surface area (Å²) < 4.78 is 52.7. The number of rotatable bonds is 22. The zero-order valence-electron chi connectivity index (χ0n) is 60.8.